The van der Waals surface area contributed by atoms with Gasteiger partial charge in [0.15, 0.2) is 0 Å². The molecule has 5 nitrogen and oxygen atoms in total. The van der Waals surface area contributed by atoms with Crippen LogP contribution in [0.2, 0.25) is 0 Å². The third-order valence-corrected chi connectivity index (χ3v) is 4.14. The number of rotatable bonds is 6. The van der Waals surface area contributed by atoms with Crippen molar-refractivity contribution in [2.45, 2.75) is 31.9 Å². The van der Waals surface area contributed by atoms with Gasteiger partial charge < -0.3 is 15.4 Å². The minimum Gasteiger partial charge on any atom is -0.463 e. The van der Waals surface area contributed by atoms with Gasteiger partial charge in [-0.2, -0.15) is 26.3 Å². The Hall–Kier alpha value is -3.24. The van der Waals surface area contributed by atoms with E-state index < -0.39 is 47.6 Å². The first-order valence-corrected chi connectivity index (χ1v) is 8.88. The maximum atomic E-state index is 14.1. The molecule has 2 rings (SSSR count). The predicted molar refractivity (Wildman–Crippen MR) is 99.1 cm³/mol. The van der Waals surface area contributed by atoms with Crippen LogP contribution in [0.1, 0.15) is 28.4 Å². The van der Waals surface area contributed by atoms with Crippen molar-refractivity contribution in [1.82, 2.24) is 5.32 Å². The van der Waals surface area contributed by atoms with Crippen molar-refractivity contribution in [1.29, 1.82) is 0 Å². The van der Waals surface area contributed by atoms with E-state index in [9.17, 15) is 35.9 Å². The van der Waals surface area contributed by atoms with Crippen molar-refractivity contribution in [2.24, 2.45) is 0 Å². The summed E-state index contributed by atoms with van der Waals surface area (Å²) in [5.41, 5.74) is -5.17. The number of alkyl halides is 6. The molecule has 0 aliphatic heterocycles. The number of esters is 1. The summed E-state index contributed by atoms with van der Waals surface area (Å²) in [7, 11) is 0. The Morgan fingerprint density at radius 3 is 2.10 bits per heavy atom. The molecule has 0 aromatic heterocycles. The lowest BCUT2D eigenvalue weighted by molar-refractivity contribution is -0.204. The van der Waals surface area contributed by atoms with Gasteiger partial charge in [-0.1, -0.05) is 23.8 Å². The van der Waals surface area contributed by atoms with Crippen molar-refractivity contribution in [2.75, 3.05) is 11.9 Å². The van der Waals surface area contributed by atoms with Crippen molar-refractivity contribution < 1.29 is 40.7 Å². The molecule has 0 fully saturated rings. The maximum Gasteiger partial charge on any atom is 0.441 e. The van der Waals surface area contributed by atoms with Gasteiger partial charge in [-0.05, 0) is 44.2 Å². The molecule has 0 saturated carbocycles. The number of amides is 1. The fraction of sp³-hybridized carbons (Fsp3) is 0.300. The molecule has 0 saturated heterocycles. The smallest absolute Gasteiger partial charge is 0.441 e. The van der Waals surface area contributed by atoms with Gasteiger partial charge >= 0.3 is 24.0 Å². The lowest BCUT2D eigenvalue weighted by Crippen LogP contribution is -2.69. The van der Waals surface area contributed by atoms with Gasteiger partial charge in [0.05, 0.1) is 12.2 Å². The Morgan fingerprint density at radius 2 is 1.58 bits per heavy atom. The zero-order chi connectivity index (χ0) is 23.4. The third kappa shape index (κ3) is 5.47. The van der Waals surface area contributed by atoms with E-state index in [-0.39, 0.29) is 5.69 Å². The van der Waals surface area contributed by atoms with Crippen LogP contribution in [0.5, 0.6) is 0 Å². The molecule has 1 atom stereocenters. The summed E-state index contributed by atoms with van der Waals surface area (Å²) < 4.78 is 85.6. The standard InChI is InChI=1S/C20H18F6N2O3/c1-3-31-17(30)18(20(24,25)26,27-15-9-7-12(2)8-10-15)28-16(29)13-5-4-6-14(11-13)19(21,22)23/h4-11,27H,3H2,1-2H3,(H,28,29). The first-order valence-electron chi connectivity index (χ1n) is 8.88. The number of nitrogens with one attached hydrogen (secondary N) is 2. The van der Waals surface area contributed by atoms with E-state index in [2.05, 4.69) is 4.74 Å². The molecule has 0 aliphatic rings. The van der Waals surface area contributed by atoms with Gasteiger partial charge in [-0.3, -0.25) is 4.79 Å². The van der Waals surface area contributed by atoms with Gasteiger partial charge in [0, 0.05) is 11.3 Å². The first-order chi connectivity index (χ1) is 14.3. The molecular weight excluding hydrogens is 430 g/mol. The number of carbonyl (C=O) groups is 2. The van der Waals surface area contributed by atoms with Crippen LogP contribution in [0.25, 0.3) is 0 Å². The Labute approximate surface area is 173 Å². The number of halogens is 6. The summed E-state index contributed by atoms with van der Waals surface area (Å²) >= 11 is 0. The van der Waals surface area contributed by atoms with E-state index in [1.54, 1.807) is 6.92 Å². The molecule has 31 heavy (non-hydrogen) atoms. The highest BCUT2D eigenvalue weighted by Crippen LogP contribution is 2.34. The van der Waals surface area contributed by atoms with Crippen LogP contribution in [-0.4, -0.2) is 30.3 Å². The van der Waals surface area contributed by atoms with E-state index in [1.807, 2.05) is 5.32 Å². The Kier molecular flexibility index (Phi) is 6.87. The molecule has 2 N–H and O–H groups in total. The van der Waals surface area contributed by atoms with Crippen molar-refractivity contribution in [3.63, 3.8) is 0 Å². The van der Waals surface area contributed by atoms with Crippen LogP contribution in [0.4, 0.5) is 32.0 Å². The summed E-state index contributed by atoms with van der Waals surface area (Å²) in [4.78, 5) is 24.9. The van der Waals surface area contributed by atoms with Crippen LogP contribution in [-0.2, 0) is 15.7 Å². The highest BCUT2D eigenvalue weighted by molar-refractivity contribution is 5.99. The first kappa shape index (κ1) is 24.0. The van der Waals surface area contributed by atoms with E-state index >= 15 is 0 Å². The molecule has 0 bridgehead atoms. The van der Waals surface area contributed by atoms with Gasteiger partial charge in [0.25, 0.3) is 5.91 Å². The van der Waals surface area contributed by atoms with Gasteiger partial charge in [0.1, 0.15) is 0 Å². The van der Waals surface area contributed by atoms with E-state index in [4.69, 9.17) is 0 Å². The summed E-state index contributed by atoms with van der Waals surface area (Å²) in [5.74, 6) is -3.43. The summed E-state index contributed by atoms with van der Waals surface area (Å²) in [6, 6.07) is 8.20. The molecule has 1 unspecified atom stereocenters. The average Bonchev–Trinajstić information content (AvgIpc) is 2.67. The van der Waals surface area contributed by atoms with E-state index in [0.29, 0.717) is 17.7 Å². The Balaban J connectivity index is 2.52. The number of carbonyl (C=O) groups excluding carboxylic acids is 2. The lowest BCUT2D eigenvalue weighted by Gasteiger charge is -2.35. The molecule has 1 amide bonds. The number of aryl methyl sites for hydroxylation is 1. The van der Waals surface area contributed by atoms with Crippen LogP contribution < -0.4 is 10.6 Å². The van der Waals surface area contributed by atoms with Crippen molar-refractivity contribution in [3.05, 3.63) is 65.2 Å². The number of hydrogen-bond donors (Lipinski definition) is 2. The van der Waals surface area contributed by atoms with Crippen molar-refractivity contribution >= 4 is 17.6 Å². The molecule has 168 valence electrons. The normalized spacial score (nSPS) is 13.8. The lowest BCUT2D eigenvalue weighted by atomic mass is 10.1. The van der Waals surface area contributed by atoms with Crippen LogP contribution in [0.15, 0.2) is 48.5 Å². The fourth-order valence-electron chi connectivity index (χ4n) is 2.56. The summed E-state index contributed by atoms with van der Waals surface area (Å²) in [6.45, 7) is 2.51. The molecule has 0 heterocycles. The molecule has 0 aliphatic carbocycles. The highest BCUT2D eigenvalue weighted by atomic mass is 19.4. The van der Waals surface area contributed by atoms with Gasteiger partial charge in [-0.15, -0.1) is 0 Å². The number of anilines is 1. The zero-order valence-corrected chi connectivity index (χ0v) is 16.3. The number of hydrogen-bond acceptors (Lipinski definition) is 4. The quantitative estimate of drug-likeness (QED) is 0.383. The fourth-order valence-corrected chi connectivity index (χ4v) is 2.56. The van der Waals surface area contributed by atoms with Crippen LogP contribution >= 0.6 is 0 Å². The average molecular weight is 448 g/mol. The molecular formula is C20H18F6N2O3. The molecule has 0 radical (unpaired) electrons. The Morgan fingerprint density at radius 1 is 0.968 bits per heavy atom. The minimum absolute atomic E-state index is 0.180. The molecule has 2 aromatic rings. The minimum atomic E-state index is -5.42. The summed E-state index contributed by atoms with van der Waals surface area (Å²) in [5, 5.41) is 3.43. The second-order valence-corrected chi connectivity index (χ2v) is 6.49. The van der Waals surface area contributed by atoms with Crippen molar-refractivity contribution in [3.8, 4) is 0 Å². The molecule has 2 aromatic carbocycles. The monoisotopic (exact) mass is 448 g/mol. The molecule has 11 heteroatoms. The van der Waals surface area contributed by atoms with Crippen LogP contribution in [0, 0.1) is 6.92 Å². The van der Waals surface area contributed by atoms with Crippen LogP contribution in [0.3, 0.4) is 0 Å². The third-order valence-electron chi connectivity index (χ3n) is 4.14. The largest absolute Gasteiger partial charge is 0.463 e. The highest BCUT2D eigenvalue weighted by Gasteiger charge is 2.63. The maximum absolute atomic E-state index is 14.1. The second-order valence-electron chi connectivity index (χ2n) is 6.49. The zero-order valence-electron chi connectivity index (χ0n) is 16.3. The molecule has 0 spiro atoms. The topological polar surface area (TPSA) is 67.4 Å². The van der Waals surface area contributed by atoms with E-state index in [0.717, 1.165) is 12.1 Å². The number of benzene rings is 2. The summed E-state index contributed by atoms with van der Waals surface area (Å²) in [6.07, 6.45) is -10.2. The van der Waals surface area contributed by atoms with Gasteiger partial charge in [-0.25, -0.2) is 4.79 Å². The van der Waals surface area contributed by atoms with Gasteiger partial charge in [0.2, 0.25) is 0 Å². The predicted octanol–water partition coefficient (Wildman–Crippen LogP) is 4.68. The van der Waals surface area contributed by atoms with E-state index in [1.165, 1.54) is 36.5 Å². The SMILES string of the molecule is CCOC(=O)C(NC(=O)c1cccc(C(F)(F)F)c1)(Nc1ccc(C)cc1)C(F)(F)F. The Bertz CT molecular complexity index is 941. The number of ether oxygens (including phenoxy) is 1. The second kappa shape index (κ2) is 8.86.